The number of amides is 1. The number of methoxy groups -OCH3 is 1. The van der Waals surface area contributed by atoms with Crippen molar-refractivity contribution in [1.82, 2.24) is 20.4 Å². The Morgan fingerprint density at radius 3 is 2.83 bits per heavy atom. The summed E-state index contributed by atoms with van der Waals surface area (Å²) >= 11 is 1.28. The number of ether oxygens (including phenoxy) is 1. The Kier molecular flexibility index (Phi) is 5.09. The van der Waals surface area contributed by atoms with E-state index in [1.54, 1.807) is 19.2 Å². The minimum absolute atomic E-state index is 0.0301. The highest BCUT2D eigenvalue weighted by Gasteiger charge is 2.24. The summed E-state index contributed by atoms with van der Waals surface area (Å²) in [4.78, 5) is 35.1. The number of anilines is 3. The zero-order valence-corrected chi connectivity index (χ0v) is 16.1. The molecular weight excluding hydrogens is 414 g/mol. The number of carbonyl (C=O) groups is 1. The van der Waals surface area contributed by atoms with Crippen LogP contribution in [0.3, 0.4) is 0 Å². The molecule has 3 aromatic heterocycles. The summed E-state index contributed by atoms with van der Waals surface area (Å²) in [6, 6.07) is 8.34. The molecule has 30 heavy (non-hydrogen) atoms. The molecule has 152 valence electrons. The van der Waals surface area contributed by atoms with Crippen LogP contribution in [0.15, 0.2) is 47.3 Å². The molecule has 0 spiro atoms. The molecular formula is C17H13N7O5S. The molecule has 0 unspecified atom stereocenters. The largest absolute Gasteiger partial charge is 0.497 e. The van der Waals surface area contributed by atoms with Gasteiger partial charge in [0.05, 0.1) is 28.5 Å². The second-order valence-corrected chi connectivity index (χ2v) is 6.74. The number of nitrogens with zero attached hydrogens (tertiary/aromatic N) is 4. The number of fused-ring (bicyclic) bond motifs is 1. The Morgan fingerprint density at radius 1 is 1.27 bits per heavy atom. The standard InChI is InChI=1S/C17H13N7O5S/c1-28-9-4-5-10-12(7-9)30-17(20-10)21-14-13(24(26)27)15(19-8-18-14)22-23-16(25)11-3-2-6-29-11/h2-8H,1H3,(H,23,25)(H2,18,19,20,21,22). The van der Waals surface area contributed by atoms with Gasteiger partial charge in [-0.3, -0.25) is 25.8 Å². The van der Waals surface area contributed by atoms with Crippen molar-refractivity contribution in [1.29, 1.82) is 0 Å². The van der Waals surface area contributed by atoms with Gasteiger partial charge in [0.2, 0.25) is 11.6 Å². The molecule has 1 amide bonds. The van der Waals surface area contributed by atoms with Gasteiger partial charge in [-0.2, -0.15) is 0 Å². The van der Waals surface area contributed by atoms with Gasteiger partial charge in [0.25, 0.3) is 0 Å². The second kappa shape index (κ2) is 8.00. The van der Waals surface area contributed by atoms with E-state index in [9.17, 15) is 14.9 Å². The average molecular weight is 427 g/mol. The molecule has 3 heterocycles. The zero-order chi connectivity index (χ0) is 21.1. The molecule has 0 aliphatic heterocycles. The minimum atomic E-state index is -0.667. The number of hydrogen-bond acceptors (Lipinski definition) is 11. The van der Waals surface area contributed by atoms with Crippen molar-refractivity contribution in [3.63, 3.8) is 0 Å². The van der Waals surface area contributed by atoms with Crippen LogP contribution in [0.25, 0.3) is 10.2 Å². The lowest BCUT2D eigenvalue weighted by molar-refractivity contribution is -0.383. The monoisotopic (exact) mass is 427 g/mol. The Morgan fingerprint density at radius 2 is 2.10 bits per heavy atom. The fourth-order valence-electron chi connectivity index (χ4n) is 2.51. The molecule has 0 fully saturated rings. The lowest BCUT2D eigenvalue weighted by Gasteiger charge is -2.09. The molecule has 0 aliphatic carbocycles. The number of benzene rings is 1. The third-order valence-corrected chi connectivity index (χ3v) is 4.80. The van der Waals surface area contributed by atoms with Crippen molar-refractivity contribution in [2.45, 2.75) is 0 Å². The van der Waals surface area contributed by atoms with E-state index in [2.05, 4.69) is 31.1 Å². The topological polar surface area (TPSA) is 157 Å². The van der Waals surface area contributed by atoms with Gasteiger partial charge in [-0.1, -0.05) is 11.3 Å². The normalized spacial score (nSPS) is 10.6. The van der Waals surface area contributed by atoms with Crippen LogP contribution in [0, 0.1) is 10.1 Å². The van der Waals surface area contributed by atoms with Crippen molar-refractivity contribution in [3.05, 3.63) is 58.8 Å². The number of hydrogen-bond donors (Lipinski definition) is 3. The van der Waals surface area contributed by atoms with E-state index in [1.807, 2.05) is 6.07 Å². The third-order valence-electron chi connectivity index (χ3n) is 3.87. The molecule has 0 saturated carbocycles. The van der Waals surface area contributed by atoms with Gasteiger partial charge < -0.3 is 14.5 Å². The van der Waals surface area contributed by atoms with E-state index in [-0.39, 0.29) is 17.4 Å². The van der Waals surface area contributed by atoms with Gasteiger partial charge in [-0.15, -0.1) is 0 Å². The van der Waals surface area contributed by atoms with Crippen LogP contribution < -0.4 is 20.9 Å². The number of nitrogens with one attached hydrogen (secondary N) is 3. The Labute approximate surface area is 172 Å². The summed E-state index contributed by atoms with van der Waals surface area (Å²) < 4.78 is 11.0. The molecule has 0 bridgehead atoms. The first-order valence-corrected chi connectivity index (χ1v) is 9.17. The number of thiazole rings is 1. The van der Waals surface area contributed by atoms with Gasteiger partial charge in [0.15, 0.2) is 10.9 Å². The molecule has 12 nitrogen and oxygen atoms in total. The molecule has 0 radical (unpaired) electrons. The lowest BCUT2D eigenvalue weighted by atomic mass is 10.3. The summed E-state index contributed by atoms with van der Waals surface area (Å²) in [5.74, 6) is -0.217. The molecule has 0 saturated heterocycles. The van der Waals surface area contributed by atoms with Gasteiger partial charge in [0, 0.05) is 0 Å². The maximum Gasteiger partial charge on any atom is 0.355 e. The SMILES string of the molecule is COc1ccc2nc(Nc3ncnc(NNC(=O)c4ccco4)c3[N+](=O)[O-])sc2c1. The van der Waals surface area contributed by atoms with Crippen LogP contribution in [0.1, 0.15) is 10.6 Å². The number of aromatic nitrogens is 3. The first-order valence-electron chi connectivity index (χ1n) is 8.36. The zero-order valence-electron chi connectivity index (χ0n) is 15.3. The van der Waals surface area contributed by atoms with E-state index in [4.69, 9.17) is 9.15 Å². The van der Waals surface area contributed by atoms with E-state index in [1.165, 1.54) is 29.7 Å². The second-order valence-electron chi connectivity index (χ2n) is 5.71. The number of nitro groups is 1. The van der Waals surface area contributed by atoms with Crippen LogP contribution in [0.5, 0.6) is 5.75 Å². The molecule has 0 aliphatic rings. The summed E-state index contributed by atoms with van der Waals surface area (Å²) in [6.07, 6.45) is 2.45. The Balaban J connectivity index is 1.59. The highest BCUT2D eigenvalue weighted by Crippen LogP contribution is 2.34. The molecule has 0 atom stereocenters. The quantitative estimate of drug-likeness (QED) is 0.296. The highest BCUT2D eigenvalue weighted by atomic mass is 32.1. The highest BCUT2D eigenvalue weighted by molar-refractivity contribution is 7.22. The number of furan rings is 1. The van der Waals surface area contributed by atoms with Crippen molar-refractivity contribution in [2.75, 3.05) is 17.9 Å². The summed E-state index contributed by atoms with van der Waals surface area (Å²) in [5.41, 5.74) is 4.95. The summed E-state index contributed by atoms with van der Waals surface area (Å²) in [6.45, 7) is 0. The Bertz CT molecular complexity index is 1220. The molecule has 4 aromatic rings. The first kappa shape index (κ1) is 19.1. The minimum Gasteiger partial charge on any atom is -0.497 e. The van der Waals surface area contributed by atoms with Crippen molar-refractivity contribution in [2.24, 2.45) is 0 Å². The lowest BCUT2D eigenvalue weighted by Crippen LogP contribution is -2.30. The molecule has 3 N–H and O–H groups in total. The van der Waals surface area contributed by atoms with E-state index in [0.29, 0.717) is 16.4 Å². The van der Waals surface area contributed by atoms with Crippen LogP contribution in [-0.4, -0.2) is 32.9 Å². The summed E-state index contributed by atoms with van der Waals surface area (Å²) in [5, 5.41) is 14.9. The third kappa shape index (κ3) is 3.81. The van der Waals surface area contributed by atoms with E-state index < -0.39 is 16.5 Å². The first-order chi connectivity index (χ1) is 14.5. The van der Waals surface area contributed by atoms with Gasteiger partial charge >= 0.3 is 11.6 Å². The predicted molar refractivity (Wildman–Crippen MR) is 108 cm³/mol. The van der Waals surface area contributed by atoms with E-state index >= 15 is 0 Å². The molecule has 1 aromatic carbocycles. The fraction of sp³-hybridized carbons (Fsp3) is 0.0588. The maximum absolute atomic E-state index is 12.0. The average Bonchev–Trinajstić information content (AvgIpc) is 3.40. The van der Waals surface area contributed by atoms with E-state index in [0.717, 1.165) is 11.0 Å². The van der Waals surface area contributed by atoms with Crippen LogP contribution in [0.2, 0.25) is 0 Å². The molecule has 4 rings (SSSR count). The van der Waals surface area contributed by atoms with Gasteiger partial charge in [-0.05, 0) is 30.3 Å². The van der Waals surface area contributed by atoms with Crippen molar-refractivity contribution >= 4 is 49.9 Å². The van der Waals surface area contributed by atoms with Crippen molar-refractivity contribution in [3.8, 4) is 5.75 Å². The van der Waals surface area contributed by atoms with Gasteiger partial charge in [-0.25, -0.2) is 15.0 Å². The number of carbonyl (C=O) groups excluding carboxylic acids is 1. The Hall–Kier alpha value is -4.26. The van der Waals surface area contributed by atoms with Crippen LogP contribution in [0.4, 0.5) is 22.5 Å². The predicted octanol–water partition coefficient (Wildman–Crippen LogP) is 3.10. The number of hydrazine groups is 1. The molecule has 13 heteroatoms. The van der Waals surface area contributed by atoms with Crippen molar-refractivity contribution < 1.29 is 18.9 Å². The smallest absolute Gasteiger partial charge is 0.355 e. The number of rotatable bonds is 7. The summed E-state index contributed by atoms with van der Waals surface area (Å²) in [7, 11) is 1.56. The maximum atomic E-state index is 12.0. The van der Waals surface area contributed by atoms with Crippen LogP contribution in [-0.2, 0) is 0 Å². The van der Waals surface area contributed by atoms with Gasteiger partial charge in [0.1, 0.15) is 12.1 Å². The van der Waals surface area contributed by atoms with Crippen LogP contribution >= 0.6 is 11.3 Å². The fourth-order valence-corrected chi connectivity index (χ4v) is 3.40.